The quantitative estimate of drug-likeness (QED) is 0.933. The highest BCUT2D eigenvalue weighted by Crippen LogP contribution is 2.32. The summed E-state index contributed by atoms with van der Waals surface area (Å²) < 4.78 is 23.3. The number of ether oxygens (including phenoxy) is 2. The summed E-state index contributed by atoms with van der Waals surface area (Å²) in [5.41, 5.74) is 1.97. The van der Waals surface area contributed by atoms with Crippen molar-refractivity contribution in [3.63, 3.8) is 0 Å². The average molecular weight is 282 g/mol. The van der Waals surface area contributed by atoms with Gasteiger partial charge in [-0.05, 0) is 42.0 Å². The third-order valence-corrected chi connectivity index (χ3v) is 2.78. The molecule has 0 amide bonds. The lowest BCUT2D eigenvalue weighted by molar-refractivity contribution is 0.174. The van der Waals surface area contributed by atoms with Gasteiger partial charge >= 0.3 is 0 Å². The van der Waals surface area contributed by atoms with Crippen molar-refractivity contribution >= 4 is 18.1 Å². The Hall–Kier alpha value is -1.94. The maximum atomic E-state index is 12.7. The van der Waals surface area contributed by atoms with Crippen molar-refractivity contribution in [1.29, 1.82) is 0 Å². The third-order valence-electron chi connectivity index (χ3n) is 2.78. The first kappa shape index (κ1) is 13.5. The Labute approximate surface area is 116 Å². The molecule has 2 aromatic rings. The lowest BCUT2D eigenvalue weighted by Gasteiger charge is -2.07. The van der Waals surface area contributed by atoms with Gasteiger partial charge in [-0.1, -0.05) is 6.07 Å². The molecule has 0 unspecified atom stereocenters. The maximum absolute atomic E-state index is 12.7. The zero-order chi connectivity index (χ0) is 12.4. The van der Waals surface area contributed by atoms with Gasteiger partial charge in [0.1, 0.15) is 5.82 Å². The van der Waals surface area contributed by atoms with E-state index in [2.05, 4.69) is 5.32 Å². The monoisotopic (exact) mass is 281 g/mol. The molecule has 1 N–H and O–H groups in total. The van der Waals surface area contributed by atoms with Crippen molar-refractivity contribution in [2.24, 2.45) is 0 Å². The Morgan fingerprint density at radius 1 is 1.00 bits per heavy atom. The molecular weight excluding hydrogens is 269 g/mol. The number of hydrogen-bond acceptors (Lipinski definition) is 3. The Bertz CT molecular complexity index is 560. The first-order valence-corrected chi connectivity index (χ1v) is 5.69. The molecule has 0 saturated heterocycles. The second kappa shape index (κ2) is 5.80. The van der Waals surface area contributed by atoms with Gasteiger partial charge < -0.3 is 14.8 Å². The van der Waals surface area contributed by atoms with Crippen molar-refractivity contribution in [2.75, 3.05) is 12.1 Å². The number of benzene rings is 2. The highest BCUT2D eigenvalue weighted by atomic mass is 35.5. The molecule has 1 heterocycles. The topological polar surface area (TPSA) is 30.5 Å². The predicted molar refractivity (Wildman–Crippen MR) is 73.5 cm³/mol. The number of hydrogen-bond donors (Lipinski definition) is 1. The Morgan fingerprint density at radius 3 is 2.53 bits per heavy atom. The number of anilines is 1. The lowest BCUT2D eigenvalue weighted by atomic mass is 10.2. The van der Waals surface area contributed by atoms with Crippen LogP contribution in [0.5, 0.6) is 11.5 Å². The van der Waals surface area contributed by atoms with Crippen LogP contribution in [0.3, 0.4) is 0 Å². The van der Waals surface area contributed by atoms with Crippen LogP contribution in [0.15, 0.2) is 42.5 Å². The smallest absolute Gasteiger partial charge is 0.231 e. The van der Waals surface area contributed by atoms with Crippen LogP contribution in [-0.2, 0) is 6.54 Å². The number of nitrogens with one attached hydrogen (secondary N) is 1. The molecule has 1 aliphatic heterocycles. The standard InChI is InChI=1S/C14H12FNO2.ClH/c15-11-2-4-12(5-3-11)16-8-10-1-6-13-14(7-10)18-9-17-13;/h1-7,16H,8-9H2;1H. The van der Waals surface area contributed by atoms with E-state index in [9.17, 15) is 4.39 Å². The van der Waals surface area contributed by atoms with E-state index in [1.54, 1.807) is 12.1 Å². The summed E-state index contributed by atoms with van der Waals surface area (Å²) in [6.45, 7) is 0.937. The SMILES string of the molecule is Cl.Fc1ccc(NCc2ccc3c(c2)OCO3)cc1. The maximum Gasteiger partial charge on any atom is 0.231 e. The predicted octanol–water partition coefficient (Wildman–Crippen LogP) is 3.59. The second-order valence-electron chi connectivity index (χ2n) is 4.05. The molecule has 0 atom stereocenters. The van der Waals surface area contributed by atoms with E-state index in [0.29, 0.717) is 6.54 Å². The molecule has 1 aliphatic rings. The fourth-order valence-electron chi connectivity index (χ4n) is 1.82. The summed E-state index contributed by atoms with van der Waals surface area (Å²) in [5, 5.41) is 3.22. The normalized spacial score (nSPS) is 11.8. The van der Waals surface area contributed by atoms with Gasteiger partial charge in [0.15, 0.2) is 11.5 Å². The third kappa shape index (κ3) is 3.09. The first-order chi connectivity index (χ1) is 8.81. The summed E-state index contributed by atoms with van der Waals surface area (Å²) in [7, 11) is 0. The van der Waals surface area contributed by atoms with Crippen LogP contribution in [0, 0.1) is 5.82 Å². The van der Waals surface area contributed by atoms with Crippen molar-refractivity contribution in [3.8, 4) is 11.5 Å². The second-order valence-corrected chi connectivity index (χ2v) is 4.05. The number of rotatable bonds is 3. The van der Waals surface area contributed by atoms with E-state index in [-0.39, 0.29) is 25.0 Å². The van der Waals surface area contributed by atoms with Crippen molar-refractivity contribution in [3.05, 3.63) is 53.8 Å². The van der Waals surface area contributed by atoms with Crippen molar-refractivity contribution in [2.45, 2.75) is 6.54 Å². The summed E-state index contributed by atoms with van der Waals surface area (Å²) in [6.07, 6.45) is 0. The number of fused-ring (bicyclic) bond motifs is 1. The largest absolute Gasteiger partial charge is 0.454 e. The zero-order valence-electron chi connectivity index (χ0n) is 10.1. The lowest BCUT2D eigenvalue weighted by Crippen LogP contribution is -1.99. The molecule has 3 nitrogen and oxygen atoms in total. The van der Waals surface area contributed by atoms with E-state index in [1.165, 1.54) is 12.1 Å². The van der Waals surface area contributed by atoms with Gasteiger partial charge in [-0.15, -0.1) is 12.4 Å². The van der Waals surface area contributed by atoms with Crippen LogP contribution < -0.4 is 14.8 Å². The highest BCUT2D eigenvalue weighted by molar-refractivity contribution is 5.85. The van der Waals surface area contributed by atoms with Crippen molar-refractivity contribution in [1.82, 2.24) is 0 Å². The molecule has 0 radical (unpaired) electrons. The Morgan fingerprint density at radius 2 is 1.74 bits per heavy atom. The molecule has 0 fully saturated rings. The summed E-state index contributed by atoms with van der Waals surface area (Å²) in [5.74, 6) is 1.32. The highest BCUT2D eigenvalue weighted by Gasteiger charge is 2.12. The summed E-state index contributed by atoms with van der Waals surface area (Å²) >= 11 is 0. The van der Waals surface area contributed by atoms with Gasteiger partial charge in [-0.25, -0.2) is 4.39 Å². The fraction of sp³-hybridized carbons (Fsp3) is 0.143. The van der Waals surface area contributed by atoms with Gasteiger partial charge in [0.25, 0.3) is 0 Å². The van der Waals surface area contributed by atoms with E-state index < -0.39 is 0 Å². The molecule has 19 heavy (non-hydrogen) atoms. The fourth-order valence-corrected chi connectivity index (χ4v) is 1.82. The van der Waals surface area contributed by atoms with E-state index in [1.807, 2.05) is 18.2 Å². The van der Waals surface area contributed by atoms with Crippen LogP contribution in [0.2, 0.25) is 0 Å². The Kier molecular flexibility index (Phi) is 4.12. The minimum atomic E-state index is -0.233. The van der Waals surface area contributed by atoms with E-state index in [4.69, 9.17) is 9.47 Å². The molecular formula is C14H13ClFNO2. The van der Waals surface area contributed by atoms with Crippen LogP contribution in [0.25, 0.3) is 0 Å². The molecule has 0 aliphatic carbocycles. The molecule has 0 aromatic heterocycles. The first-order valence-electron chi connectivity index (χ1n) is 5.69. The molecule has 0 bridgehead atoms. The molecule has 3 rings (SSSR count). The summed E-state index contributed by atoms with van der Waals surface area (Å²) in [4.78, 5) is 0. The molecule has 0 saturated carbocycles. The van der Waals surface area contributed by atoms with Crippen LogP contribution in [0.4, 0.5) is 10.1 Å². The molecule has 2 aromatic carbocycles. The Balaban J connectivity index is 0.00000133. The molecule has 0 spiro atoms. The minimum Gasteiger partial charge on any atom is -0.454 e. The van der Waals surface area contributed by atoms with E-state index in [0.717, 1.165) is 22.7 Å². The van der Waals surface area contributed by atoms with Crippen molar-refractivity contribution < 1.29 is 13.9 Å². The number of halogens is 2. The van der Waals surface area contributed by atoms with Crippen LogP contribution in [-0.4, -0.2) is 6.79 Å². The zero-order valence-corrected chi connectivity index (χ0v) is 10.9. The van der Waals surface area contributed by atoms with Gasteiger partial charge in [0, 0.05) is 12.2 Å². The van der Waals surface area contributed by atoms with Crippen LogP contribution in [0.1, 0.15) is 5.56 Å². The van der Waals surface area contributed by atoms with Gasteiger partial charge in [-0.3, -0.25) is 0 Å². The molecule has 5 heteroatoms. The van der Waals surface area contributed by atoms with Crippen LogP contribution >= 0.6 is 12.4 Å². The van der Waals surface area contributed by atoms with Gasteiger partial charge in [0.2, 0.25) is 6.79 Å². The summed E-state index contributed by atoms with van der Waals surface area (Å²) in [6, 6.07) is 12.1. The van der Waals surface area contributed by atoms with Gasteiger partial charge in [-0.2, -0.15) is 0 Å². The van der Waals surface area contributed by atoms with E-state index >= 15 is 0 Å². The van der Waals surface area contributed by atoms with Gasteiger partial charge in [0.05, 0.1) is 0 Å². The minimum absolute atomic E-state index is 0. The molecule has 100 valence electrons. The average Bonchev–Trinajstić information content (AvgIpc) is 2.85.